The highest BCUT2D eigenvalue weighted by molar-refractivity contribution is 6.53. The van der Waals surface area contributed by atoms with Gasteiger partial charge in [0.2, 0.25) is 0 Å². The number of rotatable bonds is 3. The zero-order chi connectivity index (χ0) is 15.7. The van der Waals surface area contributed by atoms with Crippen molar-refractivity contribution >= 4 is 34.8 Å². The average Bonchev–Trinajstić information content (AvgIpc) is 2.73. The van der Waals surface area contributed by atoms with Crippen LogP contribution in [0.4, 0.5) is 11.4 Å². The minimum absolute atomic E-state index is 0.0983. The van der Waals surface area contributed by atoms with Crippen molar-refractivity contribution in [2.75, 3.05) is 10.2 Å². The van der Waals surface area contributed by atoms with Crippen LogP contribution < -0.4 is 10.2 Å². The van der Waals surface area contributed by atoms with Crippen molar-refractivity contribution in [3.63, 3.8) is 0 Å². The number of carbonyl (C=O) groups is 2. The molecule has 2 amide bonds. The number of imide groups is 1. The van der Waals surface area contributed by atoms with Crippen LogP contribution in [0.2, 0.25) is 0 Å². The van der Waals surface area contributed by atoms with E-state index in [1.165, 1.54) is 0 Å². The van der Waals surface area contributed by atoms with Gasteiger partial charge in [-0.05, 0) is 30.7 Å². The van der Waals surface area contributed by atoms with Crippen molar-refractivity contribution < 1.29 is 9.59 Å². The van der Waals surface area contributed by atoms with Gasteiger partial charge in [0.1, 0.15) is 10.7 Å². The summed E-state index contributed by atoms with van der Waals surface area (Å²) in [6.45, 7) is 1.84. The molecule has 3 rings (SSSR count). The lowest BCUT2D eigenvalue weighted by Gasteiger charge is -2.17. The summed E-state index contributed by atoms with van der Waals surface area (Å²) in [4.78, 5) is 26.0. The second-order valence-corrected chi connectivity index (χ2v) is 5.29. The Bertz CT molecular complexity index is 784. The van der Waals surface area contributed by atoms with E-state index >= 15 is 0 Å². The number of nitrogens with one attached hydrogen (secondary N) is 1. The fraction of sp³-hybridized carbons (Fsp3) is 0.0588. The van der Waals surface area contributed by atoms with E-state index in [9.17, 15) is 9.59 Å². The standard InChI is InChI=1S/C17H13ClN2O2/c1-11-7-5-6-10-13(11)20-16(21)14(18)15(17(20)22)19-12-8-3-2-4-9-12/h2-10,19H,1H3. The summed E-state index contributed by atoms with van der Waals surface area (Å²) in [5.41, 5.74) is 2.17. The molecule has 0 saturated carbocycles. The lowest BCUT2D eigenvalue weighted by atomic mass is 10.2. The van der Waals surface area contributed by atoms with Crippen molar-refractivity contribution in [2.45, 2.75) is 6.92 Å². The number of halogens is 1. The van der Waals surface area contributed by atoms with Crippen molar-refractivity contribution in [3.05, 3.63) is 70.9 Å². The van der Waals surface area contributed by atoms with Gasteiger partial charge in [-0.1, -0.05) is 48.0 Å². The monoisotopic (exact) mass is 312 g/mol. The molecule has 0 atom stereocenters. The maximum Gasteiger partial charge on any atom is 0.283 e. The number of carbonyl (C=O) groups excluding carboxylic acids is 2. The van der Waals surface area contributed by atoms with E-state index in [-0.39, 0.29) is 10.7 Å². The highest BCUT2D eigenvalue weighted by atomic mass is 35.5. The molecule has 0 saturated heterocycles. The normalized spacial score (nSPS) is 14.7. The van der Waals surface area contributed by atoms with Crippen LogP contribution in [-0.2, 0) is 9.59 Å². The molecule has 1 aliphatic heterocycles. The summed E-state index contributed by atoms with van der Waals surface area (Å²) in [6, 6.07) is 16.3. The fourth-order valence-corrected chi connectivity index (χ4v) is 2.52. The van der Waals surface area contributed by atoms with E-state index in [0.29, 0.717) is 11.4 Å². The summed E-state index contributed by atoms with van der Waals surface area (Å²) < 4.78 is 0. The molecule has 1 heterocycles. The first-order valence-electron chi connectivity index (χ1n) is 6.76. The van der Waals surface area contributed by atoms with E-state index in [1.807, 2.05) is 37.3 Å². The quantitative estimate of drug-likeness (QED) is 0.883. The highest BCUT2D eigenvalue weighted by Gasteiger charge is 2.39. The third kappa shape index (κ3) is 2.38. The molecule has 1 N–H and O–H groups in total. The molecule has 0 spiro atoms. The van der Waals surface area contributed by atoms with Gasteiger partial charge in [-0.3, -0.25) is 9.59 Å². The van der Waals surface area contributed by atoms with E-state index in [2.05, 4.69) is 5.32 Å². The van der Waals surface area contributed by atoms with Gasteiger partial charge in [-0.2, -0.15) is 0 Å². The van der Waals surface area contributed by atoms with Crippen LogP contribution in [0.25, 0.3) is 0 Å². The average molecular weight is 313 g/mol. The van der Waals surface area contributed by atoms with Gasteiger partial charge in [-0.25, -0.2) is 4.90 Å². The molecular formula is C17H13ClN2O2. The van der Waals surface area contributed by atoms with Gasteiger partial charge in [0.25, 0.3) is 11.8 Å². The summed E-state index contributed by atoms with van der Waals surface area (Å²) in [6.07, 6.45) is 0. The third-order valence-corrected chi connectivity index (χ3v) is 3.78. The van der Waals surface area contributed by atoms with E-state index < -0.39 is 11.8 Å². The molecule has 22 heavy (non-hydrogen) atoms. The molecule has 0 fully saturated rings. The fourth-order valence-electron chi connectivity index (χ4n) is 2.31. The number of hydrogen-bond donors (Lipinski definition) is 1. The van der Waals surface area contributed by atoms with Crippen LogP contribution in [0.5, 0.6) is 0 Å². The number of amides is 2. The van der Waals surface area contributed by atoms with Crippen LogP contribution in [0, 0.1) is 6.92 Å². The Hall–Kier alpha value is -2.59. The molecule has 5 heteroatoms. The molecule has 0 aromatic heterocycles. The van der Waals surface area contributed by atoms with Crippen LogP contribution in [-0.4, -0.2) is 11.8 Å². The number of aryl methyl sites for hydroxylation is 1. The predicted octanol–water partition coefficient (Wildman–Crippen LogP) is 3.43. The van der Waals surface area contributed by atoms with Gasteiger partial charge >= 0.3 is 0 Å². The second-order valence-electron chi connectivity index (χ2n) is 4.91. The summed E-state index contributed by atoms with van der Waals surface area (Å²) in [5.74, 6) is -0.965. The number of benzene rings is 2. The van der Waals surface area contributed by atoms with E-state index in [0.717, 1.165) is 10.5 Å². The zero-order valence-corrected chi connectivity index (χ0v) is 12.6. The topological polar surface area (TPSA) is 49.4 Å². The van der Waals surface area contributed by atoms with Crippen LogP contribution in [0.3, 0.4) is 0 Å². The third-order valence-electron chi connectivity index (χ3n) is 3.43. The highest BCUT2D eigenvalue weighted by Crippen LogP contribution is 2.31. The van der Waals surface area contributed by atoms with Crippen LogP contribution in [0.1, 0.15) is 5.56 Å². The summed E-state index contributed by atoms with van der Waals surface area (Å²) >= 11 is 6.08. The molecule has 4 nitrogen and oxygen atoms in total. The Labute approximate surface area is 133 Å². The number of hydrogen-bond acceptors (Lipinski definition) is 3. The summed E-state index contributed by atoms with van der Waals surface area (Å²) in [7, 11) is 0. The van der Waals surface area contributed by atoms with E-state index in [1.54, 1.807) is 24.3 Å². The Morgan fingerprint density at radius 1 is 0.909 bits per heavy atom. The Balaban J connectivity index is 1.96. The van der Waals surface area contributed by atoms with Gasteiger partial charge < -0.3 is 5.32 Å². The Morgan fingerprint density at radius 2 is 1.55 bits per heavy atom. The maximum absolute atomic E-state index is 12.6. The lowest BCUT2D eigenvalue weighted by molar-refractivity contribution is -0.120. The SMILES string of the molecule is Cc1ccccc1N1C(=O)C(Cl)=C(Nc2ccccc2)C1=O. The van der Waals surface area contributed by atoms with Crippen molar-refractivity contribution in [2.24, 2.45) is 0 Å². The number of anilines is 2. The lowest BCUT2D eigenvalue weighted by Crippen LogP contribution is -2.32. The first-order valence-corrected chi connectivity index (χ1v) is 7.13. The molecule has 0 radical (unpaired) electrons. The van der Waals surface area contributed by atoms with Gasteiger partial charge in [0.05, 0.1) is 5.69 Å². The molecule has 110 valence electrons. The predicted molar refractivity (Wildman–Crippen MR) is 86.6 cm³/mol. The first kappa shape index (κ1) is 14.4. The van der Waals surface area contributed by atoms with Gasteiger partial charge in [0, 0.05) is 5.69 Å². The van der Waals surface area contributed by atoms with E-state index in [4.69, 9.17) is 11.6 Å². The minimum atomic E-state index is -0.514. The molecule has 2 aromatic carbocycles. The Morgan fingerprint density at radius 3 is 2.23 bits per heavy atom. The maximum atomic E-state index is 12.6. The molecular weight excluding hydrogens is 300 g/mol. The number of para-hydroxylation sites is 2. The molecule has 0 aliphatic carbocycles. The largest absolute Gasteiger partial charge is 0.350 e. The van der Waals surface area contributed by atoms with Gasteiger partial charge in [-0.15, -0.1) is 0 Å². The second kappa shape index (κ2) is 5.66. The minimum Gasteiger partial charge on any atom is -0.350 e. The first-order chi connectivity index (χ1) is 10.6. The molecule has 2 aromatic rings. The van der Waals surface area contributed by atoms with Crippen LogP contribution >= 0.6 is 11.6 Å². The van der Waals surface area contributed by atoms with Crippen molar-refractivity contribution in [3.8, 4) is 0 Å². The smallest absolute Gasteiger partial charge is 0.283 e. The Kier molecular flexibility index (Phi) is 3.69. The molecule has 0 bridgehead atoms. The van der Waals surface area contributed by atoms with Crippen LogP contribution in [0.15, 0.2) is 65.3 Å². The zero-order valence-electron chi connectivity index (χ0n) is 11.8. The number of nitrogens with zero attached hydrogens (tertiary/aromatic N) is 1. The van der Waals surface area contributed by atoms with Gasteiger partial charge in [0.15, 0.2) is 0 Å². The summed E-state index contributed by atoms with van der Waals surface area (Å²) in [5, 5.41) is 2.83. The van der Waals surface area contributed by atoms with Crippen molar-refractivity contribution in [1.82, 2.24) is 0 Å². The molecule has 0 unspecified atom stereocenters. The van der Waals surface area contributed by atoms with Crippen molar-refractivity contribution in [1.29, 1.82) is 0 Å². The molecule has 1 aliphatic rings.